The third-order valence-corrected chi connectivity index (χ3v) is 3.92. The quantitative estimate of drug-likeness (QED) is 0.888. The summed E-state index contributed by atoms with van der Waals surface area (Å²) in [7, 11) is 0. The van der Waals surface area contributed by atoms with Crippen LogP contribution in [0.5, 0.6) is 0 Å². The van der Waals surface area contributed by atoms with Gasteiger partial charge >= 0.3 is 5.97 Å². The average molecular weight is 252 g/mol. The molecule has 0 radical (unpaired) electrons. The third kappa shape index (κ3) is 3.12. The largest absolute Gasteiger partial charge is 0.481 e. The predicted octanol–water partition coefficient (Wildman–Crippen LogP) is 1.79. The molecule has 1 atom stereocenters. The van der Waals surface area contributed by atoms with E-state index in [-0.39, 0.29) is 12.5 Å². The van der Waals surface area contributed by atoms with Gasteiger partial charge in [0, 0.05) is 30.3 Å². The SMILES string of the molecule is Cc1ccc(N2CCSCC2CC(=O)O)nc1. The maximum Gasteiger partial charge on any atom is 0.305 e. The van der Waals surface area contributed by atoms with Crippen LogP contribution in [0, 0.1) is 6.92 Å². The van der Waals surface area contributed by atoms with E-state index >= 15 is 0 Å². The zero-order valence-corrected chi connectivity index (χ0v) is 10.6. The number of aromatic nitrogens is 1. The highest BCUT2D eigenvalue weighted by Gasteiger charge is 2.25. The minimum atomic E-state index is -0.741. The number of aliphatic carboxylic acids is 1. The molecule has 4 nitrogen and oxygen atoms in total. The normalized spacial score (nSPS) is 20.3. The van der Waals surface area contributed by atoms with Crippen molar-refractivity contribution in [1.29, 1.82) is 0 Å². The van der Waals surface area contributed by atoms with Gasteiger partial charge in [0.1, 0.15) is 5.82 Å². The lowest BCUT2D eigenvalue weighted by Crippen LogP contribution is -2.44. The Morgan fingerprint density at radius 2 is 2.47 bits per heavy atom. The fourth-order valence-electron chi connectivity index (χ4n) is 1.96. The number of anilines is 1. The summed E-state index contributed by atoms with van der Waals surface area (Å²) >= 11 is 1.81. The fraction of sp³-hybridized carbons (Fsp3) is 0.500. The molecule has 0 amide bonds. The Balaban J connectivity index is 2.15. The predicted molar refractivity (Wildman–Crippen MR) is 69.7 cm³/mol. The molecule has 0 saturated carbocycles. The number of aryl methyl sites for hydroxylation is 1. The Kier molecular flexibility index (Phi) is 3.89. The first kappa shape index (κ1) is 12.2. The Hall–Kier alpha value is -1.23. The molecule has 2 heterocycles. The van der Waals surface area contributed by atoms with E-state index in [1.54, 1.807) is 0 Å². The molecule has 1 N–H and O–H groups in total. The van der Waals surface area contributed by atoms with Gasteiger partial charge in [-0.3, -0.25) is 4.79 Å². The smallest absolute Gasteiger partial charge is 0.305 e. The molecule has 1 aromatic heterocycles. The van der Waals surface area contributed by atoms with Crippen LogP contribution in [0.2, 0.25) is 0 Å². The van der Waals surface area contributed by atoms with Crippen LogP contribution in [0.3, 0.4) is 0 Å². The second kappa shape index (κ2) is 5.40. The molecular weight excluding hydrogens is 236 g/mol. The zero-order chi connectivity index (χ0) is 12.3. The van der Waals surface area contributed by atoms with E-state index in [0.717, 1.165) is 29.4 Å². The minimum Gasteiger partial charge on any atom is -0.481 e. The summed E-state index contributed by atoms with van der Waals surface area (Å²) in [5, 5.41) is 8.92. The molecule has 17 heavy (non-hydrogen) atoms. The standard InChI is InChI=1S/C12H16N2O2S/c1-9-2-3-11(13-7-9)14-4-5-17-8-10(14)6-12(15)16/h2-3,7,10H,4-6,8H2,1H3,(H,15,16). The number of hydrogen-bond donors (Lipinski definition) is 1. The lowest BCUT2D eigenvalue weighted by atomic mass is 10.2. The van der Waals surface area contributed by atoms with Crippen molar-refractivity contribution in [3.63, 3.8) is 0 Å². The highest BCUT2D eigenvalue weighted by Crippen LogP contribution is 2.24. The summed E-state index contributed by atoms with van der Waals surface area (Å²) in [4.78, 5) is 17.3. The molecule has 92 valence electrons. The van der Waals surface area contributed by atoms with Crippen molar-refractivity contribution < 1.29 is 9.90 Å². The molecule has 5 heteroatoms. The van der Waals surface area contributed by atoms with Gasteiger partial charge in [-0.2, -0.15) is 11.8 Å². The monoisotopic (exact) mass is 252 g/mol. The van der Waals surface area contributed by atoms with Crippen molar-refractivity contribution in [3.05, 3.63) is 23.9 Å². The summed E-state index contributed by atoms with van der Waals surface area (Å²) in [5.74, 6) is 2.05. The number of rotatable bonds is 3. The van der Waals surface area contributed by atoms with Crippen LogP contribution < -0.4 is 4.90 Å². The lowest BCUT2D eigenvalue weighted by molar-refractivity contribution is -0.137. The second-order valence-corrected chi connectivity index (χ2v) is 5.36. The molecule has 1 unspecified atom stereocenters. The molecule has 0 aromatic carbocycles. The van der Waals surface area contributed by atoms with Gasteiger partial charge in [-0.1, -0.05) is 6.07 Å². The van der Waals surface area contributed by atoms with E-state index in [4.69, 9.17) is 5.11 Å². The van der Waals surface area contributed by atoms with Gasteiger partial charge in [0.15, 0.2) is 0 Å². The zero-order valence-electron chi connectivity index (χ0n) is 9.80. The topological polar surface area (TPSA) is 53.4 Å². The maximum atomic E-state index is 10.8. The molecular formula is C12H16N2O2S. The molecule has 0 aliphatic carbocycles. The highest BCUT2D eigenvalue weighted by atomic mass is 32.2. The van der Waals surface area contributed by atoms with Crippen LogP contribution in [-0.4, -0.2) is 40.2 Å². The third-order valence-electron chi connectivity index (χ3n) is 2.83. The van der Waals surface area contributed by atoms with Gasteiger partial charge < -0.3 is 10.0 Å². The average Bonchev–Trinajstić information content (AvgIpc) is 2.30. The molecule has 0 spiro atoms. The number of carboxylic acid groups (broad SMARTS) is 1. The molecule has 0 bridgehead atoms. The number of carbonyl (C=O) groups is 1. The summed E-state index contributed by atoms with van der Waals surface area (Å²) in [6.07, 6.45) is 2.01. The van der Waals surface area contributed by atoms with Gasteiger partial charge in [0.05, 0.1) is 6.42 Å². The first-order chi connectivity index (χ1) is 8.16. The van der Waals surface area contributed by atoms with E-state index in [1.807, 2.05) is 37.0 Å². The van der Waals surface area contributed by atoms with Crippen molar-refractivity contribution >= 4 is 23.5 Å². The van der Waals surface area contributed by atoms with Crippen LogP contribution in [-0.2, 0) is 4.79 Å². The number of pyridine rings is 1. The van der Waals surface area contributed by atoms with Gasteiger partial charge in [0.2, 0.25) is 0 Å². The molecule has 2 rings (SSSR count). The maximum absolute atomic E-state index is 10.8. The molecule has 1 aliphatic heterocycles. The number of carboxylic acids is 1. The van der Waals surface area contributed by atoms with E-state index in [9.17, 15) is 4.79 Å². The first-order valence-corrected chi connectivity index (χ1v) is 6.81. The Morgan fingerprint density at radius 3 is 3.12 bits per heavy atom. The van der Waals surface area contributed by atoms with Gasteiger partial charge in [0.25, 0.3) is 0 Å². The first-order valence-electron chi connectivity index (χ1n) is 5.65. The Labute approximate surface area is 105 Å². The minimum absolute atomic E-state index is 0.0569. The summed E-state index contributed by atoms with van der Waals surface area (Å²) in [6.45, 7) is 2.87. The van der Waals surface area contributed by atoms with Gasteiger partial charge in [-0.05, 0) is 18.6 Å². The highest BCUT2D eigenvalue weighted by molar-refractivity contribution is 7.99. The van der Waals surface area contributed by atoms with Crippen LogP contribution in [0.15, 0.2) is 18.3 Å². The van der Waals surface area contributed by atoms with Crippen LogP contribution in [0.4, 0.5) is 5.82 Å². The Morgan fingerprint density at radius 1 is 1.65 bits per heavy atom. The van der Waals surface area contributed by atoms with E-state index in [0.29, 0.717) is 0 Å². The van der Waals surface area contributed by atoms with Crippen LogP contribution in [0.25, 0.3) is 0 Å². The van der Waals surface area contributed by atoms with E-state index < -0.39 is 5.97 Å². The Bertz CT molecular complexity index is 394. The van der Waals surface area contributed by atoms with Crippen LogP contribution >= 0.6 is 11.8 Å². The number of hydrogen-bond acceptors (Lipinski definition) is 4. The lowest BCUT2D eigenvalue weighted by Gasteiger charge is -2.35. The molecule has 1 aromatic rings. The van der Waals surface area contributed by atoms with Crippen LogP contribution in [0.1, 0.15) is 12.0 Å². The summed E-state index contributed by atoms with van der Waals surface area (Å²) in [6, 6.07) is 4.05. The van der Waals surface area contributed by atoms with Gasteiger partial charge in [-0.15, -0.1) is 0 Å². The van der Waals surface area contributed by atoms with Crippen molar-refractivity contribution in [3.8, 4) is 0 Å². The fourth-order valence-corrected chi connectivity index (χ4v) is 3.02. The van der Waals surface area contributed by atoms with Crippen molar-refractivity contribution in [1.82, 2.24) is 4.98 Å². The van der Waals surface area contributed by atoms with Crippen molar-refractivity contribution in [2.24, 2.45) is 0 Å². The summed E-state index contributed by atoms with van der Waals surface area (Å²) in [5.41, 5.74) is 1.12. The van der Waals surface area contributed by atoms with Crippen molar-refractivity contribution in [2.45, 2.75) is 19.4 Å². The second-order valence-electron chi connectivity index (χ2n) is 4.21. The van der Waals surface area contributed by atoms with Gasteiger partial charge in [-0.25, -0.2) is 4.98 Å². The van der Waals surface area contributed by atoms with E-state index in [2.05, 4.69) is 9.88 Å². The number of nitrogens with zero attached hydrogens (tertiary/aromatic N) is 2. The summed E-state index contributed by atoms with van der Waals surface area (Å²) < 4.78 is 0. The van der Waals surface area contributed by atoms with Crippen molar-refractivity contribution in [2.75, 3.05) is 23.0 Å². The molecule has 1 fully saturated rings. The molecule has 1 saturated heterocycles. The number of thioether (sulfide) groups is 1. The molecule has 1 aliphatic rings. The van der Waals surface area contributed by atoms with E-state index in [1.165, 1.54) is 0 Å².